The Balaban J connectivity index is 1.83. The summed E-state index contributed by atoms with van der Waals surface area (Å²) in [6, 6.07) is 19.7. The standard InChI is InChI=1S/C19H22N2O/c1-2-9-18(15-14-16-10-5-3-6-11-16)20-21-19(22)17-12-7-4-8-13-17/h2-8,10-13,18,20H,1,9,14-15H2,(H,21,22)/t18-/m1/s1. The van der Waals surface area contributed by atoms with Crippen LogP contribution in [-0.2, 0) is 6.42 Å². The van der Waals surface area contributed by atoms with Crippen LogP contribution in [0.15, 0.2) is 73.3 Å². The fourth-order valence-electron chi connectivity index (χ4n) is 2.27. The Morgan fingerprint density at radius 1 is 1.05 bits per heavy atom. The van der Waals surface area contributed by atoms with E-state index in [2.05, 4.69) is 29.6 Å². The SMILES string of the molecule is C=CC[C@H](CCc1ccccc1)NNC(=O)c1ccccc1. The first-order chi connectivity index (χ1) is 10.8. The maximum Gasteiger partial charge on any atom is 0.265 e. The molecule has 0 radical (unpaired) electrons. The molecule has 1 atom stereocenters. The van der Waals surface area contributed by atoms with E-state index in [1.165, 1.54) is 5.56 Å². The van der Waals surface area contributed by atoms with Crippen LogP contribution < -0.4 is 10.9 Å². The number of aryl methyl sites for hydroxylation is 1. The summed E-state index contributed by atoms with van der Waals surface area (Å²) in [5, 5.41) is 0. The number of hydrogen-bond donors (Lipinski definition) is 2. The molecule has 0 saturated heterocycles. The van der Waals surface area contributed by atoms with Crippen LogP contribution in [0.25, 0.3) is 0 Å². The Bertz CT molecular complexity index is 581. The molecule has 0 bridgehead atoms. The third kappa shape index (κ3) is 5.19. The van der Waals surface area contributed by atoms with E-state index in [-0.39, 0.29) is 11.9 Å². The highest BCUT2D eigenvalue weighted by atomic mass is 16.2. The van der Waals surface area contributed by atoms with Crippen molar-refractivity contribution in [2.75, 3.05) is 0 Å². The highest BCUT2D eigenvalue weighted by molar-refractivity contribution is 5.93. The predicted octanol–water partition coefficient (Wildman–Crippen LogP) is 3.50. The van der Waals surface area contributed by atoms with Crippen molar-refractivity contribution < 1.29 is 4.79 Å². The Labute approximate surface area is 132 Å². The van der Waals surface area contributed by atoms with Crippen LogP contribution in [0.5, 0.6) is 0 Å². The Hall–Kier alpha value is -2.39. The first kappa shape index (κ1) is 16.0. The van der Waals surface area contributed by atoms with Gasteiger partial charge in [0.15, 0.2) is 0 Å². The Morgan fingerprint density at radius 3 is 2.32 bits per heavy atom. The van der Waals surface area contributed by atoms with Crippen LogP contribution in [0, 0.1) is 0 Å². The molecule has 2 rings (SSSR count). The maximum atomic E-state index is 12.0. The monoisotopic (exact) mass is 294 g/mol. The molecule has 0 saturated carbocycles. The second-order valence-corrected chi connectivity index (χ2v) is 5.21. The lowest BCUT2D eigenvalue weighted by Crippen LogP contribution is -2.44. The first-order valence-corrected chi connectivity index (χ1v) is 7.55. The van der Waals surface area contributed by atoms with Crippen molar-refractivity contribution in [1.82, 2.24) is 10.9 Å². The topological polar surface area (TPSA) is 41.1 Å². The first-order valence-electron chi connectivity index (χ1n) is 7.55. The maximum absolute atomic E-state index is 12.0. The van der Waals surface area contributed by atoms with Gasteiger partial charge in [-0.05, 0) is 37.0 Å². The Kier molecular flexibility index (Phi) is 6.39. The number of nitrogens with one attached hydrogen (secondary N) is 2. The van der Waals surface area contributed by atoms with Gasteiger partial charge in [0.1, 0.15) is 0 Å². The van der Waals surface area contributed by atoms with E-state index < -0.39 is 0 Å². The molecular weight excluding hydrogens is 272 g/mol. The summed E-state index contributed by atoms with van der Waals surface area (Å²) in [7, 11) is 0. The third-order valence-corrected chi connectivity index (χ3v) is 3.50. The largest absolute Gasteiger partial charge is 0.287 e. The number of benzene rings is 2. The number of carbonyl (C=O) groups excluding carboxylic acids is 1. The van der Waals surface area contributed by atoms with Gasteiger partial charge >= 0.3 is 0 Å². The smallest absolute Gasteiger partial charge is 0.265 e. The second kappa shape index (κ2) is 8.80. The average Bonchev–Trinajstić information content (AvgIpc) is 2.59. The quantitative estimate of drug-likeness (QED) is 0.578. The molecule has 0 fully saturated rings. The van der Waals surface area contributed by atoms with Gasteiger partial charge in [-0.1, -0.05) is 54.6 Å². The van der Waals surface area contributed by atoms with Gasteiger partial charge in [-0.15, -0.1) is 6.58 Å². The average molecular weight is 294 g/mol. The number of rotatable bonds is 8. The summed E-state index contributed by atoms with van der Waals surface area (Å²) in [5.41, 5.74) is 7.85. The van der Waals surface area contributed by atoms with E-state index in [4.69, 9.17) is 0 Å². The zero-order chi connectivity index (χ0) is 15.6. The Morgan fingerprint density at radius 2 is 1.68 bits per heavy atom. The summed E-state index contributed by atoms with van der Waals surface area (Å²) >= 11 is 0. The summed E-state index contributed by atoms with van der Waals surface area (Å²) in [6.45, 7) is 3.79. The number of amides is 1. The lowest BCUT2D eigenvalue weighted by molar-refractivity contribution is 0.0924. The van der Waals surface area contributed by atoms with Crippen molar-refractivity contribution in [3.8, 4) is 0 Å². The second-order valence-electron chi connectivity index (χ2n) is 5.21. The van der Waals surface area contributed by atoms with Crippen LogP contribution in [-0.4, -0.2) is 11.9 Å². The minimum Gasteiger partial charge on any atom is -0.287 e. The number of hydrazine groups is 1. The third-order valence-electron chi connectivity index (χ3n) is 3.50. The van der Waals surface area contributed by atoms with Crippen molar-refractivity contribution in [2.45, 2.75) is 25.3 Å². The van der Waals surface area contributed by atoms with E-state index >= 15 is 0 Å². The minimum atomic E-state index is -0.116. The van der Waals surface area contributed by atoms with E-state index in [1.54, 1.807) is 12.1 Å². The van der Waals surface area contributed by atoms with E-state index in [0.29, 0.717) is 5.56 Å². The zero-order valence-corrected chi connectivity index (χ0v) is 12.7. The molecule has 2 N–H and O–H groups in total. The molecule has 0 unspecified atom stereocenters. The summed E-state index contributed by atoms with van der Waals surface area (Å²) in [6.07, 6.45) is 4.58. The predicted molar refractivity (Wildman–Crippen MR) is 90.4 cm³/mol. The molecule has 3 nitrogen and oxygen atoms in total. The van der Waals surface area contributed by atoms with Crippen LogP contribution in [0.2, 0.25) is 0 Å². The van der Waals surface area contributed by atoms with Gasteiger partial charge in [-0.3, -0.25) is 10.2 Å². The van der Waals surface area contributed by atoms with Crippen LogP contribution in [0.3, 0.4) is 0 Å². The molecule has 22 heavy (non-hydrogen) atoms. The molecule has 114 valence electrons. The number of hydrogen-bond acceptors (Lipinski definition) is 2. The van der Waals surface area contributed by atoms with Crippen LogP contribution >= 0.6 is 0 Å². The van der Waals surface area contributed by atoms with Crippen molar-refractivity contribution in [3.05, 3.63) is 84.4 Å². The molecule has 3 heteroatoms. The van der Waals surface area contributed by atoms with E-state index in [0.717, 1.165) is 19.3 Å². The number of carbonyl (C=O) groups is 1. The van der Waals surface area contributed by atoms with Crippen molar-refractivity contribution in [3.63, 3.8) is 0 Å². The highest BCUT2D eigenvalue weighted by Crippen LogP contribution is 2.07. The minimum absolute atomic E-state index is 0.116. The fourth-order valence-corrected chi connectivity index (χ4v) is 2.27. The molecule has 0 aliphatic rings. The van der Waals surface area contributed by atoms with Gasteiger partial charge < -0.3 is 0 Å². The lowest BCUT2D eigenvalue weighted by atomic mass is 10.0. The molecule has 0 heterocycles. The lowest BCUT2D eigenvalue weighted by Gasteiger charge is -2.18. The van der Waals surface area contributed by atoms with Gasteiger partial charge in [-0.2, -0.15) is 0 Å². The van der Waals surface area contributed by atoms with Gasteiger partial charge in [-0.25, -0.2) is 5.43 Å². The normalized spacial score (nSPS) is 11.6. The summed E-state index contributed by atoms with van der Waals surface area (Å²) in [5.74, 6) is -0.116. The molecule has 1 amide bonds. The van der Waals surface area contributed by atoms with Gasteiger partial charge in [0, 0.05) is 11.6 Å². The molecule has 0 aliphatic carbocycles. The van der Waals surface area contributed by atoms with E-state index in [9.17, 15) is 4.79 Å². The molecule has 0 aliphatic heterocycles. The molecule has 2 aromatic rings. The van der Waals surface area contributed by atoms with Crippen molar-refractivity contribution >= 4 is 5.91 Å². The molecular formula is C19H22N2O. The van der Waals surface area contributed by atoms with Crippen LogP contribution in [0.4, 0.5) is 0 Å². The molecule has 0 aromatic heterocycles. The van der Waals surface area contributed by atoms with Gasteiger partial charge in [0.25, 0.3) is 5.91 Å². The van der Waals surface area contributed by atoms with Crippen molar-refractivity contribution in [1.29, 1.82) is 0 Å². The highest BCUT2D eigenvalue weighted by Gasteiger charge is 2.09. The van der Waals surface area contributed by atoms with Gasteiger partial charge in [0.2, 0.25) is 0 Å². The van der Waals surface area contributed by atoms with Crippen LogP contribution in [0.1, 0.15) is 28.8 Å². The zero-order valence-electron chi connectivity index (χ0n) is 12.7. The fraction of sp³-hybridized carbons (Fsp3) is 0.211. The van der Waals surface area contributed by atoms with Gasteiger partial charge in [0.05, 0.1) is 0 Å². The van der Waals surface area contributed by atoms with E-state index in [1.807, 2.05) is 42.5 Å². The summed E-state index contributed by atoms with van der Waals surface area (Å²) < 4.78 is 0. The molecule has 0 spiro atoms. The van der Waals surface area contributed by atoms with Crippen molar-refractivity contribution in [2.24, 2.45) is 0 Å². The molecule has 2 aromatic carbocycles. The summed E-state index contributed by atoms with van der Waals surface area (Å²) in [4.78, 5) is 12.0.